The maximum atomic E-state index is 12.1. The number of morpholine rings is 1. The lowest BCUT2D eigenvalue weighted by Gasteiger charge is -2.31. The van der Waals surface area contributed by atoms with Crippen molar-refractivity contribution in [3.8, 4) is 0 Å². The standard InChI is InChI=1S/C8H11N3O5S/c12-8(13)7-5-16-2-1-11(7)17(14,15)6-3-9-10-4-6/h3-4,7H,1-2,5H2,(H,9,10)(H,12,13). The van der Waals surface area contributed by atoms with Gasteiger partial charge in [-0.15, -0.1) is 0 Å². The summed E-state index contributed by atoms with van der Waals surface area (Å²) >= 11 is 0. The van der Waals surface area contributed by atoms with Crippen LogP contribution in [-0.4, -0.2) is 59.8 Å². The molecule has 2 heterocycles. The molecule has 0 amide bonds. The van der Waals surface area contributed by atoms with Crippen LogP contribution in [0.5, 0.6) is 0 Å². The van der Waals surface area contributed by atoms with Gasteiger partial charge in [-0.2, -0.15) is 9.40 Å². The molecule has 8 nitrogen and oxygen atoms in total. The second-order valence-electron chi connectivity index (χ2n) is 3.48. The molecule has 2 rings (SSSR count). The number of hydrogen-bond donors (Lipinski definition) is 2. The molecular weight excluding hydrogens is 250 g/mol. The van der Waals surface area contributed by atoms with E-state index < -0.39 is 22.0 Å². The number of H-pyrrole nitrogens is 1. The summed E-state index contributed by atoms with van der Waals surface area (Å²) in [6.45, 7) is 0.0533. The number of nitrogens with zero attached hydrogens (tertiary/aromatic N) is 2. The van der Waals surface area contributed by atoms with Gasteiger partial charge in [-0.05, 0) is 0 Å². The molecular formula is C8H11N3O5S. The predicted octanol–water partition coefficient (Wildman–Crippen LogP) is -1.12. The van der Waals surface area contributed by atoms with E-state index in [1.54, 1.807) is 0 Å². The first-order valence-electron chi connectivity index (χ1n) is 4.84. The minimum absolute atomic E-state index is 0.0183. The van der Waals surface area contributed by atoms with Gasteiger partial charge in [-0.25, -0.2) is 8.42 Å². The second kappa shape index (κ2) is 4.43. The first-order chi connectivity index (χ1) is 8.03. The maximum absolute atomic E-state index is 12.1. The summed E-state index contributed by atoms with van der Waals surface area (Å²) in [6.07, 6.45) is 2.35. The Balaban J connectivity index is 2.34. The fourth-order valence-electron chi connectivity index (χ4n) is 1.59. The van der Waals surface area contributed by atoms with Crippen molar-refractivity contribution in [2.24, 2.45) is 0 Å². The number of nitrogens with one attached hydrogen (secondary N) is 1. The molecule has 1 saturated heterocycles. The highest BCUT2D eigenvalue weighted by Crippen LogP contribution is 2.19. The molecule has 17 heavy (non-hydrogen) atoms. The third-order valence-electron chi connectivity index (χ3n) is 2.44. The molecule has 1 atom stereocenters. The van der Waals surface area contributed by atoms with Crippen LogP contribution in [0.25, 0.3) is 0 Å². The first-order valence-corrected chi connectivity index (χ1v) is 6.28. The predicted molar refractivity (Wildman–Crippen MR) is 54.7 cm³/mol. The molecule has 1 aromatic heterocycles. The Kier molecular flexibility index (Phi) is 3.13. The lowest BCUT2D eigenvalue weighted by molar-refractivity contribution is -0.146. The Morgan fingerprint density at radius 2 is 2.41 bits per heavy atom. The number of aromatic nitrogens is 2. The van der Waals surface area contributed by atoms with E-state index in [1.165, 1.54) is 6.20 Å². The summed E-state index contributed by atoms with van der Waals surface area (Å²) in [5, 5.41) is 14.9. The molecule has 94 valence electrons. The summed E-state index contributed by atoms with van der Waals surface area (Å²) in [7, 11) is -3.83. The number of carboxylic acids is 1. The van der Waals surface area contributed by atoms with Crippen molar-refractivity contribution >= 4 is 16.0 Å². The van der Waals surface area contributed by atoms with Gasteiger partial charge in [0, 0.05) is 12.7 Å². The summed E-state index contributed by atoms with van der Waals surface area (Å²) < 4.78 is 30.1. The minimum Gasteiger partial charge on any atom is -0.480 e. The Morgan fingerprint density at radius 3 is 3.00 bits per heavy atom. The van der Waals surface area contributed by atoms with Gasteiger partial charge in [-0.1, -0.05) is 0 Å². The normalized spacial score (nSPS) is 22.5. The Hall–Kier alpha value is -1.45. The summed E-state index contributed by atoms with van der Waals surface area (Å²) in [6, 6.07) is -1.19. The van der Waals surface area contributed by atoms with Crippen molar-refractivity contribution in [2.45, 2.75) is 10.9 Å². The number of sulfonamides is 1. The van der Waals surface area contributed by atoms with E-state index in [2.05, 4.69) is 10.2 Å². The van der Waals surface area contributed by atoms with Crippen LogP contribution in [0.3, 0.4) is 0 Å². The van der Waals surface area contributed by atoms with E-state index in [4.69, 9.17) is 9.84 Å². The van der Waals surface area contributed by atoms with Gasteiger partial charge in [0.05, 0.1) is 19.4 Å². The van der Waals surface area contributed by atoms with E-state index in [0.717, 1.165) is 10.5 Å². The summed E-state index contributed by atoms with van der Waals surface area (Å²) in [5.74, 6) is -1.23. The molecule has 1 fully saturated rings. The van der Waals surface area contributed by atoms with Crippen molar-refractivity contribution in [3.05, 3.63) is 12.4 Å². The van der Waals surface area contributed by atoms with Crippen molar-refractivity contribution in [1.29, 1.82) is 0 Å². The zero-order chi connectivity index (χ0) is 12.5. The van der Waals surface area contributed by atoms with Crippen molar-refractivity contribution in [2.75, 3.05) is 19.8 Å². The molecule has 9 heteroatoms. The van der Waals surface area contributed by atoms with Gasteiger partial charge in [0.2, 0.25) is 10.0 Å². The molecule has 1 aliphatic rings. The lowest BCUT2D eigenvalue weighted by Crippen LogP contribution is -2.52. The molecule has 0 aliphatic carbocycles. The number of aromatic amines is 1. The van der Waals surface area contributed by atoms with E-state index in [0.29, 0.717) is 0 Å². The quantitative estimate of drug-likeness (QED) is 0.713. The highest BCUT2D eigenvalue weighted by molar-refractivity contribution is 7.89. The van der Waals surface area contributed by atoms with Gasteiger partial charge >= 0.3 is 5.97 Å². The molecule has 0 aromatic carbocycles. The number of carboxylic acid groups (broad SMARTS) is 1. The number of rotatable bonds is 3. The Morgan fingerprint density at radius 1 is 1.65 bits per heavy atom. The fourth-order valence-corrected chi connectivity index (χ4v) is 3.05. The first kappa shape index (κ1) is 12.0. The topological polar surface area (TPSA) is 113 Å². The number of carbonyl (C=O) groups is 1. The smallest absolute Gasteiger partial charge is 0.324 e. The largest absolute Gasteiger partial charge is 0.480 e. The van der Waals surface area contributed by atoms with Crippen LogP contribution in [0.2, 0.25) is 0 Å². The maximum Gasteiger partial charge on any atom is 0.324 e. The van der Waals surface area contributed by atoms with Crippen LogP contribution in [0.4, 0.5) is 0 Å². The van der Waals surface area contributed by atoms with Crippen LogP contribution < -0.4 is 0 Å². The van der Waals surface area contributed by atoms with Gasteiger partial charge in [-0.3, -0.25) is 9.89 Å². The molecule has 1 aromatic rings. The van der Waals surface area contributed by atoms with E-state index in [-0.39, 0.29) is 24.7 Å². The molecule has 0 radical (unpaired) electrons. The van der Waals surface area contributed by atoms with E-state index in [9.17, 15) is 13.2 Å². The van der Waals surface area contributed by atoms with E-state index in [1.807, 2.05) is 0 Å². The van der Waals surface area contributed by atoms with Gasteiger partial charge in [0.15, 0.2) is 0 Å². The third-order valence-corrected chi connectivity index (χ3v) is 4.32. The van der Waals surface area contributed by atoms with E-state index >= 15 is 0 Å². The average Bonchev–Trinajstić information content (AvgIpc) is 2.83. The zero-order valence-electron chi connectivity index (χ0n) is 8.74. The Labute approximate surface area is 97.2 Å². The van der Waals surface area contributed by atoms with Gasteiger partial charge < -0.3 is 9.84 Å². The van der Waals surface area contributed by atoms with Gasteiger partial charge in [0.25, 0.3) is 0 Å². The number of hydrogen-bond acceptors (Lipinski definition) is 5. The third kappa shape index (κ3) is 2.16. The molecule has 0 saturated carbocycles. The minimum atomic E-state index is -3.83. The number of ether oxygens (including phenoxy) is 1. The zero-order valence-corrected chi connectivity index (χ0v) is 9.55. The van der Waals surface area contributed by atoms with Crippen molar-refractivity contribution in [1.82, 2.24) is 14.5 Å². The summed E-state index contributed by atoms with van der Waals surface area (Å²) in [5.41, 5.74) is 0. The molecule has 0 spiro atoms. The average molecular weight is 261 g/mol. The summed E-state index contributed by atoms with van der Waals surface area (Å²) in [4.78, 5) is 10.9. The Bertz CT molecular complexity index is 497. The molecule has 0 bridgehead atoms. The van der Waals surface area contributed by atoms with Crippen LogP contribution in [0, 0.1) is 0 Å². The van der Waals surface area contributed by atoms with Crippen molar-refractivity contribution < 1.29 is 23.1 Å². The van der Waals surface area contributed by atoms with Crippen molar-refractivity contribution in [3.63, 3.8) is 0 Å². The highest BCUT2D eigenvalue weighted by atomic mass is 32.2. The fraction of sp³-hybridized carbons (Fsp3) is 0.500. The SMILES string of the molecule is O=C(O)C1COCCN1S(=O)(=O)c1cn[nH]c1. The van der Waals surface area contributed by atoms with Crippen LogP contribution in [0.1, 0.15) is 0 Å². The number of aliphatic carboxylic acids is 1. The second-order valence-corrected chi connectivity index (χ2v) is 5.37. The van der Waals surface area contributed by atoms with Crippen LogP contribution in [0.15, 0.2) is 17.3 Å². The lowest BCUT2D eigenvalue weighted by atomic mass is 10.3. The van der Waals surface area contributed by atoms with Gasteiger partial charge in [0.1, 0.15) is 10.9 Å². The van der Waals surface area contributed by atoms with Crippen LogP contribution >= 0.6 is 0 Å². The molecule has 1 unspecified atom stereocenters. The highest BCUT2D eigenvalue weighted by Gasteiger charge is 2.38. The monoisotopic (exact) mass is 261 g/mol. The molecule has 1 aliphatic heterocycles. The van der Waals surface area contributed by atoms with Crippen LogP contribution in [-0.2, 0) is 19.6 Å². The molecule has 2 N–H and O–H groups in total.